The van der Waals surface area contributed by atoms with E-state index in [1.54, 1.807) is 17.5 Å². The highest BCUT2D eigenvalue weighted by molar-refractivity contribution is 9.10. The second kappa shape index (κ2) is 5.54. The van der Waals surface area contributed by atoms with Crippen LogP contribution in [0.25, 0.3) is 0 Å². The average molecular weight is 339 g/mol. The van der Waals surface area contributed by atoms with Gasteiger partial charge in [0.2, 0.25) is 0 Å². The summed E-state index contributed by atoms with van der Waals surface area (Å²) in [6.07, 6.45) is 0. The molecule has 0 aliphatic heterocycles. The van der Waals surface area contributed by atoms with Gasteiger partial charge in [0.05, 0.1) is 11.1 Å². The molecule has 2 amide bonds. The number of nitrogens with one attached hydrogen (secondary N) is 1. The van der Waals surface area contributed by atoms with Crippen LogP contribution in [0.15, 0.2) is 34.1 Å². The van der Waals surface area contributed by atoms with Crippen LogP contribution in [0, 0.1) is 6.92 Å². The van der Waals surface area contributed by atoms with Crippen molar-refractivity contribution in [3.05, 3.63) is 50.8 Å². The third kappa shape index (κ3) is 3.02. The van der Waals surface area contributed by atoms with Crippen LogP contribution in [0.4, 0.5) is 5.00 Å². The molecule has 2 aromatic rings. The van der Waals surface area contributed by atoms with E-state index in [1.165, 1.54) is 11.3 Å². The minimum absolute atomic E-state index is 0.281. The lowest BCUT2D eigenvalue weighted by Crippen LogP contribution is -2.16. The fourth-order valence-corrected chi connectivity index (χ4v) is 3.04. The van der Waals surface area contributed by atoms with E-state index in [4.69, 9.17) is 5.73 Å². The quantitative estimate of drug-likeness (QED) is 0.902. The topological polar surface area (TPSA) is 72.2 Å². The van der Waals surface area contributed by atoms with Gasteiger partial charge in [0.15, 0.2) is 0 Å². The van der Waals surface area contributed by atoms with Gasteiger partial charge in [-0.15, -0.1) is 11.3 Å². The number of benzene rings is 1. The van der Waals surface area contributed by atoms with Crippen molar-refractivity contribution in [3.8, 4) is 0 Å². The molecule has 0 saturated heterocycles. The molecular formula is C13H11BrN2O2S. The molecular weight excluding hydrogens is 328 g/mol. The maximum Gasteiger partial charge on any atom is 0.257 e. The molecule has 0 spiro atoms. The SMILES string of the molecule is Cc1ccc(C(=O)Nc2sccc2C(N)=O)c(Br)c1. The average Bonchev–Trinajstić information content (AvgIpc) is 2.76. The Kier molecular flexibility index (Phi) is 4.01. The Morgan fingerprint density at radius 2 is 2.00 bits per heavy atom. The number of thiophene rings is 1. The van der Waals surface area contributed by atoms with E-state index in [-0.39, 0.29) is 5.91 Å². The first-order chi connectivity index (χ1) is 8.99. The van der Waals surface area contributed by atoms with E-state index in [0.717, 1.165) is 5.56 Å². The molecule has 19 heavy (non-hydrogen) atoms. The van der Waals surface area contributed by atoms with Crippen molar-refractivity contribution < 1.29 is 9.59 Å². The molecule has 1 aromatic heterocycles. The summed E-state index contributed by atoms with van der Waals surface area (Å²) in [5, 5.41) is 4.87. The summed E-state index contributed by atoms with van der Waals surface area (Å²) in [5.41, 5.74) is 7.11. The minimum Gasteiger partial charge on any atom is -0.366 e. The Morgan fingerprint density at radius 3 is 2.63 bits per heavy atom. The number of primary amides is 1. The first-order valence-electron chi connectivity index (χ1n) is 5.44. The Hall–Kier alpha value is -1.66. The summed E-state index contributed by atoms with van der Waals surface area (Å²) < 4.78 is 0.710. The molecule has 1 aromatic carbocycles. The molecule has 0 bridgehead atoms. The maximum atomic E-state index is 12.1. The molecule has 0 aliphatic carbocycles. The zero-order valence-corrected chi connectivity index (χ0v) is 12.5. The Morgan fingerprint density at radius 1 is 1.26 bits per heavy atom. The van der Waals surface area contributed by atoms with Gasteiger partial charge in [-0.1, -0.05) is 6.07 Å². The van der Waals surface area contributed by atoms with E-state index in [9.17, 15) is 9.59 Å². The number of rotatable bonds is 3. The Balaban J connectivity index is 2.26. The summed E-state index contributed by atoms with van der Waals surface area (Å²) in [6.45, 7) is 1.94. The second-order valence-corrected chi connectivity index (χ2v) is 5.74. The standard InChI is InChI=1S/C13H11BrN2O2S/c1-7-2-3-8(10(14)6-7)12(18)16-13-9(11(15)17)4-5-19-13/h2-6H,1H3,(H2,15,17)(H,16,18). The number of hydrogen-bond acceptors (Lipinski definition) is 3. The lowest BCUT2D eigenvalue weighted by molar-refractivity contribution is 0.100. The fourth-order valence-electron chi connectivity index (χ4n) is 1.57. The predicted octanol–water partition coefficient (Wildman–Crippen LogP) is 3.17. The molecule has 6 heteroatoms. The third-order valence-electron chi connectivity index (χ3n) is 2.53. The van der Waals surface area contributed by atoms with Crippen molar-refractivity contribution in [3.63, 3.8) is 0 Å². The van der Waals surface area contributed by atoms with Crippen molar-refractivity contribution in [2.45, 2.75) is 6.92 Å². The van der Waals surface area contributed by atoms with Gasteiger partial charge >= 0.3 is 0 Å². The number of anilines is 1. The van der Waals surface area contributed by atoms with Gasteiger partial charge in [0.1, 0.15) is 5.00 Å². The van der Waals surface area contributed by atoms with Gasteiger partial charge in [-0.25, -0.2) is 0 Å². The van der Waals surface area contributed by atoms with E-state index < -0.39 is 5.91 Å². The zero-order chi connectivity index (χ0) is 14.0. The Labute approximate surface area is 122 Å². The van der Waals surface area contributed by atoms with Gasteiger partial charge in [-0.05, 0) is 52.0 Å². The van der Waals surface area contributed by atoms with Crippen LogP contribution in [0.5, 0.6) is 0 Å². The molecule has 0 saturated carbocycles. The lowest BCUT2D eigenvalue weighted by atomic mass is 10.1. The molecule has 4 nitrogen and oxygen atoms in total. The zero-order valence-electron chi connectivity index (χ0n) is 10.1. The molecule has 0 fully saturated rings. The normalized spacial score (nSPS) is 10.2. The number of aryl methyl sites for hydroxylation is 1. The molecule has 0 radical (unpaired) electrons. The lowest BCUT2D eigenvalue weighted by Gasteiger charge is -2.07. The van der Waals surface area contributed by atoms with E-state index in [1.807, 2.05) is 19.1 Å². The van der Waals surface area contributed by atoms with Crippen molar-refractivity contribution in [1.82, 2.24) is 0 Å². The van der Waals surface area contributed by atoms with Crippen molar-refractivity contribution >= 4 is 44.1 Å². The second-order valence-electron chi connectivity index (χ2n) is 3.97. The predicted molar refractivity (Wildman–Crippen MR) is 79.7 cm³/mol. The van der Waals surface area contributed by atoms with Gasteiger partial charge in [-0.3, -0.25) is 9.59 Å². The van der Waals surface area contributed by atoms with Crippen LogP contribution in [-0.2, 0) is 0 Å². The van der Waals surface area contributed by atoms with Gasteiger partial charge in [0.25, 0.3) is 11.8 Å². The molecule has 98 valence electrons. The fraction of sp³-hybridized carbons (Fsp3) is 0.0769. The first-order valence-corrected chi connectivity index (χ1v) is 7.11. The number of carbonyl (C=O) groups excluding carboxylic acids is 2. The van der Waals surface area contributed by atoms with E-state index >= 15 is 0 Å². The van der Waals surface area contributed by atoms with Crippen LogP contribution in [-0.4, -0.2) is 11.8 Å². The third-order valence-corrected chi connectivity index (χ3v) is 4.01. The van der Waals surface area contributed by atoms with Gasteiger partial charge in [-0.2, -0.15) is 0 Å². The van der Waals surface area contributed by atoms with Crippen molar-refractivity contribution in [2.75, 3.05) is 5.32 Å². The van der Waals surface area contributed by atoms with Crippen LogP contribution >= 0.6 is 27.3 Å². The maximum absolute atomic E-state index is 12.1. The van der Waals surface area contributed by atoms with Gasteiger partial charge in [0, 0.05) is 4.47 Å². The number of carbonyl (C=O) groups is 2. The highest BCUT2D eigenvalue weighted by atomic mass is 79.9. The molecule has 2 rings (SSSR count). The minimum atomic E-state index is -0.556. The monoisotopic (exact) mass is 338 g/mol. The van der Waals surface area contributed by atoms with E-state index in [2.05, 4.69) is 21.2 Å². The highest BCUT2D eigenvalue weighted by Gasteiger charge is 2.15. The summed E-state index contributed by atoms with van der Waals surface area (Å²) in [5.74, 6) is -0.837. The number of nitrogens with two attached hydrogens (primary N) is 1. The van der Waals surface area contributed by atoms with Crippen LogP contribution in [0.3, 0.4) is 0 Å². The van der Waals surface area contributed by atoms with E-state index in [0.29, 0.717) is 20.6 Å². The van der Waals surface area contributed by atoms with Crippen molar-refractivity contribution in [1.29, 1.82) is 0 Å². The number of amides is 2. The number of hydrogen-bond donors (Lipinski definition) is 2. The molecule has 0 atom stereocenters. The largest absolute Gasteiger partial charge is 0.366 e. The highest BCUT2D eigenvalue weighted by Crippen LogP contribution is 2.25. The molecule has 3 N–H and O–H groups in total. The molecule has 1 heterocycles. The van der Waals surface area contributed by atoms with Crippen LogP contribution in [0.2, 0.25) is 0 Å². The molecule has 0 aliphatic rings. The van der Waals surface area contributed by atoms with Crippen molar-refractivity contribution in [2.24, 2.45) is 5.73 Å². The summed E-state index contributed by atoms with van der Waals surface area (Å²) in [7, 11) is 0. The Bertz CT molecular complexity index is 652. The summed E-state index contributed by atoms with van der Waals surface area (Å²) in [4.78, 5) is 23.3. The summed E-state index contributed by atoms with van der Waals surface area (Å²) >= 11 is 4.61. The summed E-state index contributed by atoms with van der Waals surface area (Å²) in [6, 6.07) is 7.03. The molecule has 0 unspecified atom stereocenters. The van der Waals surface area contributed by atoms with Gasteiger partial charge < -0.3 is 11.1 Å². The first kappa shape index (κ1) is 13.8. The van der Waals surface area contributed by atoms with Crippen LogP contribution < -0.4 is 11.1 Å². The number of halogens is 1. The smallest absolute Gasteiger partial charge is 0.257 e. The van der Waals surface area contributed by atoms with Crippen LogP contribution in [0.1, 0.15) is 26.3 Å².